The number of nitrogens with one attached hydrogen (secondary N) is 7. The lowest BCUT2D eigenvalue weighted by Gasteiger charge is -2.30. The summed E-state index contributed by atoms with van der Waals surface area (Å²) in [5.74, 6) is -7.30. The van der Waals surface area contributed by atoms with E-state index in [9.17, 15) is 48.3 Å². The van der Waals surface area contributed by atoms with Gasteiger partial charge in [-0.15, -0.1) is 0 Å². The van der Waals surface area contributed by atoms with Crippen LogP contribution in [0.5, 0.6) is 0 Å². The zero-order valence-electron chi connectivity index (χ0n) is 38.6. The number of nitrogens with zero attached hydrogens (tertiary/aromatic N) is 4. The van der Waals surface area contributed by atoms with Gasteiger partial charge in [0.25, 0.3) is 0 Å². The van der Waals surface area contributed by atoms with Crippen LogP contribution in [0.4, 0.5) is 0 Å². The molecule has 24 heteroatoms. The molecule has 8 atom stereocenters. The number of amides is 8. The first-order valence-corrected chi connectivity index (χ1v) is 23.6. The standard InChI is InChI=1S/C45H63N13O10S/c1-25(2)16-31(39(61)56-34(22-69)41(63)55-33(19-28-21-49-24-51-28)44(66)58-15-7-11-36(58)45(67)68)53-40(62)32(17-26-8-4-3-5-9-26)54-38(60)30(12-13-37(47)59)52-42(64)35-10-6-14-57(35)43(65)29(46)18-27-20-48-23-50-27/h3-5,8-9,20-21,23-25,29-36,69H,6-7,10-19,22,46H2,1-2H3,(H2,47,59)(H,48,50)(H,49,51)(H,52,64)(H,53,62)(H,54,60)(H,55,63)(H,56,61)(H,67,68)/t29-,30-,31-,32-,33-,34-,35-,36-/m0/s1. The number of aromatic nitrogens is 4. The Hall–Kier alpha value is -6.82. The van der Waals surface area contributed by atoms with Crippen LogP contribution < -0.4 is 38.1 Å². The molecule has 23 nitrogen and oxygen atoms in total. The maximum Gasteiger partial charge on any atom is 0.326 e. The predicted octanol–water partition coefficient (Wildman–Crippen LogP) is -1.78. The first-order chi connectivity index (χ1) is 32.9. The Balaban J connectivity index is 1.31. The molecule has 5 rings (SSSR count). The van der Waals surface area contributed by atoms with Crippen LogP contribution in [-0.2, 0) is 62.4 Å². The summed E-state index contributed by atoms with van der Waals surface area (Å²) in [5, 5.41) is 23.1. The quantitative estimate of drug-likeness (QED) is 0.0419. The molecule has 0 spiro atoms. The van der Waals surface area contributed by atoms with Gasteiger partial charge in [0.15, 0.2) is 0 Å². The van der Waals surface area contributed by atoms with E-state index in [4.69, 9.17) is 11.5 Å². The minimum atomic E-state index is -1.39. The van der Waals surface area contributed by atoms with E-state index in [0.717, 1.165) is 0 Å². The molecule has 3 aromatic rings. The minimum absolute atomic E-state index is 0.0605. The Kier molecular flexibility index (Phi) is 19.7. The Morgan fingerprint density at radius 3 is 1.83 bits per heavy atom. The van der Waals surface area contributed by atoms with Gasteiger partial charge >= 0.3 is 5.97 Å². The number of thiol groups is 1. The van der Waals surface area contributed by atoms with Gasteiger partial charge in [-0.25, -0.2) is 14.8 Å². The zero-order valence-corrected chi connectivity index (χ0v) is 39.5. The molecule has 0 bridgehead atoms. The third-order valence-corrected chi connectivity index (χ3v) is 12.3. The van der Waals surface area contributed by atoms with Crippen LogP contribution in [0, 0.1) is 5.92 Å². The highest BCUT2D eigenvalue weighted by Crippen LogP contribution is 2.21. The number of carboxylic acid groups (broad SMARTS) is 1. The molecule has 374 valence electrons. The Bertz CT molecular complexity index is 2250. The van der Waals surface area contributed by atoms with Crippen molar-refractivity contribution in [3.8, 4) is 0 Å². The van der Waals surface area contributed by atoms with Gasteiger partial charge in [0.05, 0.1) is 18.7 Å². The lowest BCUT2D eigenvalue weighted by atomic mass is 10.00. The molecule has 0 saturated carbocycles. The average Bonchev–Trinajstić information content (AvgIpc) is 4.17. The summed E-state index contributed by atoms with van der Waals surface area (Å²) < 4.78 is 0. The number of imidazole rings is 2. The molecule has 0 radical (unpaired) electrons. The highest BCUT2D eigenvalue weighted by molar-refractivity contribution is 7.80. The molecular formula is C45H63N13O10S. The van der Waals surface area contributed by atoms with Crippen molar-refractivity contribution in [2.24, 2.45) is 17.4 Å². The first-order valence-electron chi connectivity index (χ1n) is 22.9. The minimum Gasteiger partial charge on any atom is -0.480 e. The fourth-order valence-corrected chi connectivity index (χ4v) is 8.67. The van der Waals surface area contributed by atoms with Gasteiger partial charge in [-0.2, -0.15) is 12.6 Å². The van der Waals surface area contributed by atoms with Crippen molar-refractivity contribution in [3.63, 3.8) is 0 Å². The van der Waals surface area contributed by atoms with E-state index >= 15 is 0 Å². The Morgan fingerprint density at radius 2 is 1.25 bits per heavy atom. The van der Waals surface area contributed by atoms with Crippen LogP contribution in [0.1, 0.15) is 75.7 Å². The summed E-state index contributed by atoms with van der Waals surface area (Å²) >= 11 is 4.31. The van der Waals surface area contributed by atoms with Crippen LogP contribution in [0.15, 0.2) is 55.4 Å². The third kappa shape index (κ3) is 15.3. The van der Waals surface area contributed by atoms with Crippen molar-refractivity contribution in [1.29, 1.82) is 0 Å². The van der Waals surface area contributed by atoms with Crippen molar-refractivity contribution in [2.75, 3.05) is 18.8 Å². The highest BCUT2D eigenvalue weighted by Gasteiger charge is 2.41. The number of H-pyrrole nitrogens is 2. The zero-order chi connectivity index (χ0) is 50.2. The van der Waals surface area contributed by atoms with Gasteiger partial charge in [-0.3, -0.25) is 38.4 Å². The largest absolute Gasteiger partial charge is 0.480 e. The number of aliphatic carboxylic acids is 1. The molecule has 2 saturated heterocycles. The van der Waals surface area contributed by atoms with Crippen LogP contribution in [-0.4, -0.2) is 155 Å². The fraction of sp³-hybridized carbons (Fsp3) is 0.533. The lowest BCUT2D eigenvalue weighted by Crippen LogP contribution is -2.61. The van der Waals surface area contributed by atoms with E-state index in [1.807, 2.05) is 13.8 Å². The molecule has 0 aliphatic carbocycles. The van der Waals surface area contributed by atoms with Crippen molar-refractivity contribution in [3.05, 3.63) is 72.3 Å². The van der Waals surface area contributed by atoms with E-state index in [2.05, 4.69) is 59.1 Å². The first kappa shape index (κ1) is 53.1. The molecule has 0 unspecified atom stereocenters. The van der Waals surface area contributed by atoms with Gasteiger partial charge in [-0.05, 0) is 50.0 Å². The van der Waals surface area contributed by atoms with E-state index in [1.54, 1.807) is 30.3 Å². The molecule has 69 heavy (non-hydrogen) atoms. The van der Waals surface area contributed by atoms with E-state index in [1.165, 1.54) is 34.8 Å². The monoisotopic (exact) mass is 977 g/mol. The van der Waals surface area contributed by atoms with Crippen molar-refractivity contribution >= 4 is 65.9 Å². The summed E-state index contributed by atoms with van der Waals surface area (Å²) in [6.45, 7) is 4.04. The number of nitrogens with two attached hydrogens (primary N) is 2. The molecule has 2 aliphatic rings. The lowest BCUT2D eigenvalue weighted by molar-refractivity contribution is -0.149. The van der Waals surface area contributed by atoms with Gasteiger partial charge in [-0.1, -0.05) is 44.2 Å². The number of benzene rings is 1. The number of hydrogen-bond donors (Lipinski definition) is 11. The number of carbonyl (C=O) groups excluding carboxylic acids is 8. The number of likely N-dealkylation sites (tertiary alicyclic amines) is 2. The van der Waals surface area contributed by atoms with Crippen LogP contribution >= 0.6 is 12.6 Å². The Labute approximate surface area is 404 Å². The van der Waals surface area contributed by atoms with Crippen LogP contribution in [0.3, 0.4) is 0 Å². The highest BCUT2D eigenvalue weighted by atomic mass is 32.1. The number of aromatic amines is 2. The summed E-state index contributed by atoms with van der Waals surface area (Å²) in [4.78, 5) is 138. The van der Waals surface area contributed by atoms with Gasteiger partial charge in [0, 0.05) is 68.3 Å². The van der Waals surface area contributed by atoms with Crippen LogP contribution in [0.25, 0.3) is 0 Å². The maximum absolute atomic E-state index is 14.3. The van der Waals surface area contributed by atoms with Gasteiger partial charge in [0.2, 0.25) is 47.3 Å². The maximum atomic E-state index is 14.3. The third-order valence-electron chi connectivity index (χ3n) is 11.9. The number of primary amides is 1. The fourth-order valence-electron chi connectivity index (χ4n) is 8.41. The molecule has 8 amide bonds. The second-order valence-electron chi connectivity index (χ2n) is 17.7. The summed E-state index contributed by atoms with van der Waals surface area (Å²) in [6.07, 6.45) is 6.86. The summed E-state index contributed by atoms with van der Waals surface area (Å²) in [7, 11) is 0. The van der Waals surface area contributed by atoms with Crippen molar-refractivity contribution in [2.45, 2.75) is 126 Å². The molecule has 2 fully saturated rings. The molecule has 4 heterocycles. The summed E-state index contributed by atoms with van der Waals surface area (Å²) in [6, 6.07) is -0.909. The molecular weight excluding hydrogens is 915 g/mol. The van der Waals surface area contributed by atoms with Gasteiger partial charge < -0.3 is 62.9 Å². The molecule has 2 aliphatic heterocycles. The average molecular weight is 978 g/mol. The van der Waals surface area contributed by atoms with Crippen LogP contribution in [0.2, 0.25) is 0 Å². The number of carboxylic acids is 1. The van der Waals surface area contributed by atoms with Crippen molar-refractivity contribution < 1.29 is 48.3 Å². The molecule has 2 aromatic heterocycles. The van der Waals surface area contributed by atoms with Gasteiger partial charge in [0.1, 0.15) is 42.3 Å². The molecule has 12 N–H and O–H groups in total. The number of rotatable bonds is 25. The summed E-state index contributed by atoms with van der Waals surface area (Å²) in [5.41, 5.74) is 13.4. The normalized spacial score (nSPS) is 18.3. The SMILES string of the molecule is CC(C)C[C@H](NC(=O)[C@H](Cc1ccccc1)NC(=O)[C@H](CCC(N)=O)NC(=O)[C@@H]1CCCN1C(=O)[C@@H](N)Cc1cnc[nH]1)C(=O)N[C@@H](CS)C(=O)N[C@@H](Cc1cnc[nH]1)C(=O)N1CCC[C@H]1C(=O)O. The topological polar surface area (TPSA) is 350 Å². The van der Waals surface area contributed by atoms with E-state index in [0.29, 0.717) is 29.8 Å². The number of carbonyl (C=O) groups is 9. The predicted molar refractivity (Wildman–Crippen MR) is 251 cm³/mol. The Morgan fingerprint density at radius 1 is 0.710 bits per heavy atom. The van der Waals surface area contributed by atoms with E-state index in [-0.39, 0.29) is 76.1 Å². The second-order valence-corrected chi connectivity index (χ2v) is 18.1. The van der Waals surface area contributed by atoms with Crippen molar-refractivity contribution in [1.82, 2.24) is 56.3 Å². The molecule has 1 aromatic carbocycles. The number of hydrogen-bond acceptors (Lipinski definition) is 13. The second kappa shape index (κ2) is 25.5. The smallest absolute Gasteiger partial charge is 0.326 e. The van der Waals surface area contributed by atoms with E-state index < -0.39 is 102 Å².